The van der Waals surface area contributed by atoms with E-state index in [1.165, 1.54) is 11.8 Å². The molecule has 0 fully saturated rings. The van der Waals surface area contributed by atoms with Gasteiger partial charge in [-0.2, -0.15) is 0 Å². The summed E-state index contributed by atoms with van der Waals surface area (Å²) in [4.78, 5) is 26.9. The standard InChI is InChI=1S/C21H22N4O3S/c1-12(21-23-14-7-5-6-8-18(14)29-21)25(2)11-19-22-15-10-17(28-4)16(27-3)9-13(15)20(26)24-19/h5-10,12H,11H2,1-4H3,(H,22,24,26)/t12-/m0/s1. The molecule has 0 radical (unpaired) electrons. The lowest BCUT2D eigenvalue weighted by Gasteiger charge is -2.22. The maximum atomic E-state index is 12.6. The number of benzene rings is 2. The summed E-state index contributed by atoms with van der Waals surface area (Å²) in [6, 6.07) is 11.6. The molecule has 0 unspecified atom stereocenters. The Kier molecular flexibility index (Phi) is 5.21. The summed E-state index contributed by atoms with van der Waals surface area (Å²) in [5.41, 5.74) is 1.38. The van der Waals surface area contributed by atoms with Gasteiger partial charge >= 0.3 is 0 Å². The number of fused-ring (bicyclic) bond motifs is 2. The Morgan fingerprint density at radius 3 is 2.55 bits per heavy atom. The molecule has 29 heavy (non-hydrogen) atoms. The molecule has 1 N–H and O–H groups in total. The third-order valence-electron chi connectivity index (χ3n) is 4.99. The van der Waals surface area contributed by atoms with Crippen LogP contribution in [0.15, 0.2) is 41.2 Å². The topological polar surface area (TPSA) is 80.3 Å². The van der Waals surface area contributed by atoms with Gasteiger partial charge in [-0.05, 0) is 32.2 Å². The van der Waals surface area contributed by atoms with Crippen LogP contribution in [0.3, 0.4) is 0 Å². The van der Waals surface area contributed by atoms with Crippen LogP contribution in [-0.4, -0.2) is 41.1 Å². The summed E-state index contributed by atoms with van der Waals surface area (Å²) in [6.07, 6.45) is 0. The van der Waals surface area contributed by atoms with Crippen LogP contribution >= 0.6 is 11.3 Å². The number of thiazole rings is 1. The van der Waals surface area contributed by atoms with Crippen molar-refractivity contribution >= 4 is 32.5 Å². The van der Waals surface area contributed by atoms with Crippen molar-refractivity contribution in [3.8, 4) is 11.5 Å². The van der Waals surface area contributed by atoms with E-state index in [0.29, 0.717) is 34.8 Å². The smallest absolute Gasteiger partial charge is 0.258 e. The van der Waals surface area contributed by atoms with Gasteiger partial charge in [0.15, 0.2) is 11.5 Å². The molecule has 7 nitrogen and oxygen atoms in total. The molecular formula is C21H22N4O3S. The van der Waals surface area contributed by atoms with Crippen LogP contribution in [0.4, 0.5) is 0 Å². The van der Waals surface area contributed by atoms with Crippen molar-refractivity contribution in [3.05, 3.63) is 57.6 Å². The lowest BCUT2D eigenvalue weighted by molar-refractivity contribution is 0.246. The number of ether oxygens (including phenoxy) is 2. The molecule has 8 heteroatoms. The van der Waals surface area contributed by atoms with Gasteiger partial charge in [-0.3, -0.25) is 9.69 Å². The molecule has 2 aromatic heterocycles. The maximum Gasteiger partial charge on any atom is 0.258 e. The minimum Gasteiger partial charge on any atom is -0.493 e. The lowest BCUT2D eigenvalue weighted by atomic mass is 10.2. The number of rotatable bonds is 6. The van der Waals surface area contributed by atoms with Gasteiger partial charge in [-0.25, -0.2) is 9.97 Å². The van der Waals surface area contributed by atoms with Crippen molar-refractivity contribution in [2.24, 2.45) is 0 Å². The quantitative estimate of drug-likeness (QED) is 0.522. The van der Waals surface area contributed by atoms with Gasteiger partial charge in [0, 0.05) is 6.07 Å². The monoisotopic (exact) mass is 410 g/mol. The van der Waals surface area contributed by atoms with Crippen molar-refractivity contribution in [1.29, 1.82) is 0 Å². The molecule has 0 aliphatic heterocycles. The van der Waals surface area contributed by atoms with E-state index in [-0.39, 0.29) is 11.6 Å². The van der Waals surface area contributed by atoms with Gasteiger partial charge in [0.1, 0.15) is 10.8 Å². The predicted octanol–water partition coefficient (Wildman–Crippen LogP) is 3.74. The fraction of sp³-hybridized carbons (Fsp3) is 0.286. The van der Waals surface area contributed by atoms with Gasteiger partial charge in [-0.1, -0.05) is 12.1 Å². The first kappa shape index (κ1) is 19.4. The molecule has 0 aliphatic rings. The van der Waals surface area contributed by atoms with Crippen molar-refractivity contribution in [2.75, 3.05) is 21.3 Å². The molecule has 2 heterocycles. The molecule has 4 aromatic rings. The van der Waals surface area contributed by atoms with E-state index in [2.05, 4.69) is 27.9 Å². The summed E-state index contributed by atoms with van der Waals surface area (Å²) in [7, 11) is 5.10. The normalized spacial score (nSPS) is 12.6. The second-order valence-electron chi connectivity index (χ2n) is 6.85. The van der Waals surface area contributed by atoms with Gasteiger partial charge in [-0.15, -0.1) is 11.3 Å². The fourth-order valence-corrected chi connectivity index (χ4v) is 4.30. The Labute approximate surface area is 171 Å². The average molecular weight is 410 g/mol. The third-order valence-corrected chi connectivity index (χ3v) is 6.19. The third kappa shape index (κ3) is 3.68. The summed E-state index contributed by atoms with van der Waals surface area (Å²) in [5, 5.41) is 1.50. The number of para-hydroxylation sites is 1. The number of nitrogens with one attached hydrogen (secondary N) is 1. The van der Waals surface area contributed by atoms with Crippen molar-refractivity contribution in [3.63, 3.8) is 0 Å². The molecule has 0 amide bonds. The zero-order valence-corrected chi connectivity index (χ0v) is 17.5. The SMILES string of the molecule is COc1cc2nc(CN(C)[C@@H](C)c3nc4ccccc4s3)[nH]c(=O)c2cc1OC. The number of aromatic amines is 1. The van der Waals surface area contributed by atoms with E-state index in [0.717, 1.165) is 10.5 Å². The zero-order valence-electron chi connectivity index (χ0n) is 16.7. The fourth-order valence-electron chi connectivity index (χ4n) is 3.22. The summed E-state index contributed by atoms with van der Waals surface area (Å²) < 4.78 is 11.8. The zero-order chi connectivity index (χ0) is 20.5. The van der Waals surface area contributed by atoms with Gasteiger partial charge in [0.2, 0.25) is 0 Å². The molecule has 0 bridgehead atoms. The van der Waals surface area contributed by atoms with Crippen LogP contribution in [0.25, 0.3) is 21.1 Å². The van der Waals surface area contributed by atoms with Gasteiger partial charge in [0.25, 0.3) is 5.56 Å². The highest BCUT2D eigenvalue weighted by molar-refractivity contribution is 7.18. The molecule has 150 valence electrons. The Morgan fingerprint density at radius 2 is 1.83 bits per heavy atom. The van der Waals surface area contributed by atoms with E-state index in [1.54, 1.807) is 30.6 Å². The highest BCUT2D eigenvalue weighted by Crippen LogP contribution is 2.31. The summed E-state index contributed by atoms with van der Waals surface area (Å²) in [5.74, 6) is 1.63. The molecule has 0 saturated carbocycles. The van der Waals surface area contributed by atoms with E-state index in [1.807, 2.05) is 25.2 Å². The molecule has 4 rings (SSSR count). The molecular weight excluding hydrogens is 388 g/mol. The Bertz CT molecular complexity index is 1200. The minimum atomic E-state index is -0.202. The molecule has 2 aromatic carbocycles. The number of nitrogens with zero attached hydrogens (tertiary/aromatic N) is 3. The summed E-state index contributed by atoms with van der Waals surface area (Å²) >= 11 is 1.68. The minimum absolute atomic E-state index is 0.0822. The van der Waals surface area contributed by atoms with Gasteiger partial charge in [0.05, 0.1) is 47.9 Å². The van der Waals surface area contributed by atoms with Crippen molar-refractivity contribution in [2.45, 2.75) is 19.5 Å². The maximum absolute atomic E-state index is 12.6. The van der Waals surface area contributed by atoms with Crippen LogP contribution in [0.5, 0.6) is 11.5 Å². The second-order valence-corrected chi connectivity index (χ2v) is 7.91. The summed E-state index contributed by atoms with van der Waals surface area (Å²) in [6.45, 7) is 2.58. The van der Waals surface area contributed by atoms with E-state index >= 15 is 0 Å². The number of methoxy groups -OCH3 is 2. The van der Waals surface area contributed by atoms with Crippen LogP contribution in [0, 0.1) is 0 Å². The number of hydrogen-bond acceptors (Lipinski definition) is 7. The Hall–Kier alpha value is -2.97. The molecule has 1 atom stereocenters. The average Bonchev–Trinajstić information content (AvgIpc) is 3.16. The first-order chi connectivity index (χ1) is 14.0. The van der Waals surface area contributed by atoms with Crippen molar-refractivity contribution in [1.82, 2.24) is 19.9 Å². The van der Waals surface area contributed by atoms with Crippen LogP contribution in [0.1, 0.15) is 23.8 Å². The van der Waals surface area contributed by atoms with E-state index in [4.69, 9.17) is 14.5 Å². The molecule has 0 aliphatic carbocycles. The Morgan fingerprint density at radius 1 is 1.10 bits per heavy atom. The second kappa shape index (κ2) is 7.81. The largest absolute Gasteiger partial charge is 0.493 e. The van der Waals surface area contributed by atoms with Crippen LogP contribution in [-0.2, 0) is 6.54 Å². The Balaban J connectivity index is 1.63. The highest BCUT2D eigenvalue weighted by Gasteiger charge is 2.18. The van der Waals surface area contributed by atoms with E-state index in [9.17, 15) is 4.79 Å². The highest BCUT2D eigenvalue weighted by atomic mass is 32.1. The lowest BCUT2D eigenvalue weighted by Crippen LogP contribution is -2.25. The number of hydrogen-bond donors (Lipinski definition) is 1. The number of aromatic nitrogens is 3. The van der Waals surface area contributed by atoms with Crippen LogP contribution in [0.2, 0.25) is 0 Å². The van der Waals surface area contributed by atoms with E-state index < -0.39 is 0 Å². The van der Waals surface area contributed by atoms with Gasteiger partial charge < -0.3 is 14.5 Å². The first-order valence-corrected chi connectivity index (χ1v) is 10.0. The van der Waals surface area contributed by atoms with Crippen molar-refractivity contribution < 1.29 is 9.47 Å². The first-order valence-electron chi connectivity index (χ1n) is 9.20. The predicted molar refractivity (Wildman–Crippen MR) is 115 cm³/mol. The van der Waals surface area contributed by atoms with Crippen LogP contribution < -0.4 is 15.0 Å². The molecule has 0 spiro atoms. The number of H-pyrrole nitrogens is 1. The molecule has 0 saturated heterocycles.